The summed E-state index contributed by atoms with van der Waals surface area (Å²) in [6, 6.07) is 6.91. The van der Waals surface area contributed by atoms with Crippen LogP contribution in [0.2, 0.25) is 0 Å². The highest BCUT2D eigenvalue weighted by molar-refractivity contribution is 5.38. The van der Waals surface area contributed by atoms with Gasteiger partial charge in [-0.25, -0.2) is 4.68 Å². The van der Waals surface area contributed by atoms with E-state index in [9.17, 15) is 13.2 Å². The largest absolute Gasteiger partial charge is 0.424 e. The first-order chi connectivity index (χ1) is 16.7. The lowest BCUT2D eigenvalue weighted by molar-refractivity contribution is -0.127. The molecule has 1 saturated heterocycles. The number of fused-ring (bicyclic) bond motifs is 2. The minimum atomic E-state index is -4.34. The molecule has 3 atom stereocenters. The van der Waals surface area contributed by atoms with Gasteiger partial charge < -0.3 is 19.5 Å². The van der Waals surface area contributed by atoms with Gasteiger partial charge in [-0.15, -0.1) is 5.10 Å². The van der Waals surface area contributed by atoms with Gasteiger partial charge in [0.1, 0.15) is 5.75 Å². The smallest absolute Gasteiger partial charge is 0.393 e. The Hall–Kier alpha value is -3.31. The monoisotopic (exact) mass is 491 g/mol. The number of anilines is 2. The van der Waals surface area contributed by atoms with Crippen molar-refractivity contribution in [3.8, 4) is 11.8 Å². The second-order valence-electron chi connectivity index (χ2n) is 9.55. The first kappa shape index (κ1) is 23.4. The number of halogens is 3. The van der Waals surface area contributed by atoms with Crippen molar-refractivity contribution in [1.82, 2.24) is 24.9 Å². The molecule has 2 aromatic heterocycles. The van der Waals surface area contributed by atoms with Crippen LogP contribution in [0.4, 0.5) is 25.1 Å². The van der Waals surface area contributed by atoms with Crippen LogP contribution in [-0.4, -0.2) is 50.2 Å². The van der Waals surface area contributed by atoms with Crippen LogP contribution >= 0.6 is 0 Å². The van der Waals surface area contributed by atoms with Gasteiger partial charge in [0.2, 0.25) is 5.95 Å². The molecule has 188 valence electrons. The van der Waals surface area contributed by atoms with Crippen molar-refractivity contribution in [2.75, 3.05) is 23.3 Å². The SMILES string of the molecule is Cc1noc(N2C[C@H]3CC[C@@H](C2)[C@@H]3Nc2nc(Oc3ccccc3CC(F)(F)F)n(C(C)C)n2)n1. The van der Waals surface area contributed by atoms with Crippen molar-refractivity contribution in [3.63, 3.8) is 0 Å². The molecule has 0 amide bonds. The van der Waals surface area contributed by atoms with E-state index in [1.807, 2.05) is 13.8 Å². The zero-order chi connectivity index (χ0) is 24.7. The number of aryl methyl sites for hydroxylation is 1. The molecule has 0 unspecified atom stereocenters. The van der Waals surface area contributed by atoms with E-state index in [1.54, 1.807) is 23.7 Å². The number of nitrogens with one attached hydrogen (secondary N) is 1. The number of hydrogen-bond acceptors (Lipinski definition) is 8. The van der Waals surface area contributed by atoms with Gasteiger partial charge in [0.15, 0.2) is 5.82 Å². The Labute approximate surface area is 200 Å². The summed E-state index contributed by atoms with van der Waals surface area (Å²) in [5, 5.41) is 11.9. The minimum Gasteiger partial charge on any atom is -0.424 e. The normalized spacial score (nSPS) is 22.1. The highest BCUT2D eigenvalue weighted by Crippen LogP contribution is 2.40. The van der Waals surface area contributed by atoms with Crippen molar-refractivity contribution in [2.45, 2.75) is 58.3 Å². The fourth-order valence-corrected chi connectivity index (χ4v) is 5.02. The summed E-state index contributed by atoms with van der Waals surface area (Å²) >= 11 is 0. The fourth-order valence-electron chi connectivity index (χ4n) is 5.02. The zero-order valence-corrected chi connectivity index (χ0v) is 19.8. The van der Waals surface area contributed by atoms with Crippen LogP contribution in [-0.2, 0) is 6.42 Å². The van der Waals surface area contributed by atoms with Crippen LogP contribution in [0.25, 0.3) is 0 Å². The van der Waals surface area contributed by atoms with Crippen LogP contribution in [0.3, 0.4) is 0 Å². The summed E-state index contributed by atoms with van der Waals surface area (Å²) < 4.78 is 51.9. The predicted octanol–water partition coefficient (Wildman–Crippen LogP) is 4.77. The number of rotatable bonds is 7. The Balaban J connectivity index is 1.33. The molecule has 1 aliphatic heterocycles. The maximum Gasteiger partial charge on any atom is 0.393 e. The second-order valence-corrected chi connectivity index (χ2v) is 9.55. The molecule has 1 N–H and O–H groups in total. The van der Waals surface area contributed by atoms with Crippen LogP contribution in [0.5, 0.6) is 11.8 Å². The highest BCUT2D eigenvalue weighted by Gasteiger charge is 2.44. The molecule has 9 nitrogen and oxygen atoms in total. The number of para-hydroxylation sites is 1. The summed E-state index contributed by atoms with van der Waals surface area (Å²) in [6.45, 7) is 7.21. The summed E-state index contributed by atoms with van der Waals surface area (Å²) in [4.78, 5) is 11.0. The van der Waals surface area contributed by atoms with Gasteiger partial charge in [0.25, 0.3) is 0 Å². The molecule has 0 radical (unpaired) electrons. The third kappa shape index (κ3) is 5.06. The molecule has 0 spiro atoms. The van der Waals surface area contributed by atoms with E-state index in [4.69, 9.17) is 9.26 Å². The molecular formula is C23H28F3N7O2. The first-order valence-electron chi connectivity index (χ1n) is 11.8. The number of benzene rings is 1. The van der Waals surface area contributed by atoms with Crippen molar-refractivity contribution in [2.24, 2.45) is 11.8 Å². The second kappa shape index (κ2) is 9.04. The van der Waals surface area contributed by atoms with Crippen molar-refractivity contribution >= 4 is 12.0 Å². The fraction of sp³-hybridized carbons (Fsp3) is 0.565. The lowest BCUT2D eigenvalue weighted by atomic mass is 9.92. The molecular weight excluding hydrogens is 463 g/mol. The number of aromatic nitrogens is 5. The molecule has 1 aromatic carbocycles. The summed E-state index contributed by atoms with van der Waals surface area (Å²) in [5.74, 6) is 1.84. The van der Waals surface area contributed by atoms with Crippen molar-refractivity contribution in [1.29, 1.82) is 0 Å². The van der Waals surface area contributed by atoms with E-state index < -0.39 is 12.6 Å². The Bertz CT molecular complexity index is 1160. The Kier molecular flexibility index (Phi) is 6.06. The van der Waals surface area contributed by atoms with E-state index >= 15 is 0 Å². The molecule has 1 aliphatic carbocycles. The van der Waals surface area contributed by atoms with E-state index in [2.05, 4.69) is 30.4 Å². The Morgan fingerprint density at radius 2 is 1.86 bits per heavy atom. The molecule has 2 aliphatic rings. The van der Waals surface area contributed by atoms with Gasteiger partial charge in [-0.1, -0.05) is 23.4 Å². The van der Waals surface area contributed by atoms with E-state index in [1.165, 1.54) is 12.1 Å². The third-order valence-corrected chi connectivity index (χ3v) is 6.57. The number of nitrogens with zero attached hydrogens (tertiary/aromatic N) is 6. The van der Waals surface area contributed by atoms with Crippen LogP contribution < -0.4 is 15.0 Å². The highest BCUT2D eigenvalue weighted by atomic mass is 19.4. The first-order valence-corrected chi connectivity index (χ1v) is 11.8. The average molecular weight is 492 g/mol. The van der Waals surface area contributed by atoms with E-state index in [0.29, 0.717) is 29.6 Å². The number of hydrogen-bond donors (Lipinski definition) is 1. The van der Waals surface area contributed by atoms with Crippen LogP contribution in [0.15, 0.2) is 28.8 Å². The molecule has 3 heterocycles. The van der Waals surface area contributed by atoms with Crippen LogP contribution in [0, 0.1) is 18.8 Å². The van der Waals surface area contributed by atoms with Gasteiger partial charge >= 0.3 is 18.2 Å². The molecule has 35 heavy (non-hydrogen) atoms. The number of ether oxygens (including phenoxy) is 1. The maximum atomic E-state index is 13.0. The number of piperidine rings is 1. The van der Waals surface area contributed by atoms with Crippen molar-refractivity contribution in [3.05, 3.63) is 35.7 Å². The van der Waals surface area contributed by atoms with Gasteiger partial charge in [0, 0.05) is 24.7 Å². The molecule has 2 bridgehead atoms. The Morgan fingerprint density at radius 3 is 2.49 bits per heavy atom. The standard InChI is InChI=1S/C23H28F3N7O2/c1-13(2)33-22(34-18-7-5-4-6-15(18)10-23(24,25)26)29-20(30-33)28-19-16-8-9-17(19)12-32(11-16)21-27-14(3)31-35-21/h4-7,13,16-17,19H,8-12H2,1-3H3,(H,28,30)/t16-,17+,19-. The third-order valence-electron chi connectivity index (χ3n) is 6.57. The Morgan fingerprint density at radius 1 is 1.14 bits per heavy atom. The lowest BCUT2D eigenvalue weighted by Gasteiger charge is -2.37. The molecule has 12 heteroatoms. The lowest BCUT2D eigenvalue weighted by Crippen LogP contribution is -2.48. The quantitative estimate of drug-likeness (QED) is 0.505. The van der Waals surface area contributed by atoms with Crippen molar-refractivity contribution < 1.29 is 22.4 Å². The average Bonchev–Trinajstić information content (AvgIpc) is 3.45. The van der Waals surface area contributed by atoms with Gasteiger partial charge in [-0.05, 0) is 51.5 Å². The molecule has 1 saturated carbocycles. The topological polar surface area (TPSA) is 94.1 Å². The molecule has 3 aromatic rings. The van der Waals surface area contributed by atoms with Crippen LogP contribution in [0.1, 0.15) is 44.1 Å². The van der Waals surface area contributed by atoms with Gasteiger partial charge in [-0.3, -0.25) is 0 Å². The van der Waals surface area contributed by atoms with E-state index in [-0.39, 0.29) is 29.4 Å². The maximum absolute atomic E-state index is 13.0. The summed E-state index contributed by atoms with van der Waals surface area (Å²) in [5.41, 5.74) is 0.0505. The number of alkyl halides is 3. The van der Waals surface area contributed by atoms with E-state index in [0.717, 1.165) is 25.9 Å². The van der Waals surface area contributed by atoms with Gasteiger partial charge in [-0.2, -0.15) is 23.1 Å². The molecule has 2 fully saturated rings. The predicted molar refractivity (Wildman–Crippen MR) is 122 cm³/mol. The summed E-state index contributed by atoms with van der Waals surface area (Å²) in [6.07, 6.45) is -3.30. The molecule has 5 rings (SSSR count). The summed E-state index contributed by atoms with van der Waals surface area (Å²) in [7, 11) is 0. The zero-order valence-electron chi connectivity index (χ0n) is 19.8. The van der Waals surface area contributed by atoms with Gasteiger partial charge in [0.05, 0.1) is 12.5 Å². The minimum absolute atomic E-state index is 0.0505.